The molecule has 2 aromatic carbocycles. The summed E-state index contributed by atoms with van der Waals surface area (Å²) in [5.41, 5.74) is 2.95. The molecule has 204 valence electrons. The Bertz CT molecular complexity index is 1210. The van der Waals surface area contributed by atoms with Gasteiger partial charge in [-0.2, -0.15) is 0 Å². The SMILES string of the molecule is CCc1ccc(NC(=O)N(CC(=O)N(CCc2ccc(OC)c(OC)c2)Cc2ccc(C)s2)C(C)C)cc1. The molecule has 0 aliphatic heterocycles. The van der Waals surface area contributed by atoms with Crippen LogP contribution in [0.1, 0.15) is 41.7 Å². The first-order chi connectivity index (χ1) is 18.2. The average Bonchev–Trinajstić information content (AvgIpc) is 3.33. The summed E-state index contributed by atoms with van der Waals surface area (Å²) in [5, 5.41) is 2.95. The van der Waals surface area contributed by atoms with Gasteiger partial charge in [-0.3, -0.25) is 4.79 Å². The molecule has 1 N–H and O–H groups in total. The summed E-state index contributed by atoms with van der Waals surface area (Å²) in [4.78, 5) is 32.5. The van der Waals surface area contributed by atoms with Crippen molar-refractivity contribution < 1.29 is 19.1 Å². The Labute approximate surface area is 230 Å². The van der Waals surface area contributed by atoms with Gasteiger partial charge >= 0.3 is 6.03 Å². The van der Waals surface area contributed by atoms with E-state index in [2.05, 4.69) is 31.3 Å². The molecule has 1 aromatic heterocycles. The van der Waals surface area contributed by atoms with Crippen molar-refractivity contribution in [3.05, 3.63) is 75.5 Å². The predicted molar refractivity (Wildman–Crippen MR) is 154 cm³/mol. The second kappa shape index (κ2) is 13.9. The van der Waals surface area contributed by atoms with Crippen LogP contribution in [-0.4, -0.2) is 55.1 Å². The van der Waals surface area contributed by atoms with Crippen molar-refractivity contribution in [3.8, 4) is 11.5 Å². The maximum absolute atomic E-state index is 13.6. The number of nitrogens with zero attached hydrogens (tertiary/aromatic N) is 2. The molecule has 0 atom stereocenters. The van der Waals surface area contributed by atoms with Crippen LogP contribution in [0.25, 0.3) is 0 Å². The fourth-order valence-electron chi connectivity index (χ4n) is 4.10. The fourth-order valence-corrected chi connectivity index (χ4v) is 5.01. The van der Waals surface area contributed by atoms with Crippen LogP contribution in [0.4, 0.5) is 10.5 Å². The van der Waals surface area contributed by atoms with Gasteiger partial charge in [0.2, 0.25) is 5.91 Å². The van der Waals surface area contributed by atoms with E-state index in [4.69, 9.17) is 9.47 Å². The van der Waals surface area contributed by atoms with Crippen LogP contribution in [0, 0.1) is 6.92 Å². The Kier molecular flexibility index (Phi) is 10.6. The minimum atomic E-state index is -0.288. The van der Waals surface area contributed by atoms with E-state index in [0.29, 0.717) is 36.7 Å². The first kappa shape index (κ1) is 29.0. The Hall–Kier alpha value is -3.52. The number of thiophene rings is 1. The van der Waals surface area contributed by atoms with Crippen molar-refractivity contribution in [2.45, 2.75) is 53.1 Å². The third-order valence-electron chi connectivity index (χ3n) is 6.42. The first-order valence-electron chi connectivity index (χ1n) is 12.9. The molecule has 0 unspecified atom stereocenters. The summed E-state index contributed by atoms with van der Waals surface area (Å²) < 4.78 is 10.8. The normalized spacial score (nSPS) is 10.8. The summed E-state index contributed by atoms with van der Waals surface area (Å²) in [6, 6.07) is 17.3. The first-order valence-corrected chi connectivity index (χ1v) is 13.8. The van der Waals surface area contributed by atoms with Gasteiger partial charge in [-0.15, -0.1) is 11.3 Å². The summed E-state index contributed by atoms with van der Waals surface area (Å²) in [5.74, 6) is 1.23. The van der Waals surface area contributed by atoms with E-state index in [-0.39, 0.29) is 24.5 Å². The monoisotopic (exact) mass is 537 g/mol. The van der Waals surface area contributed by atoms with Crippen LogP contribution in [-0.2, 0) is 24.2 Å². The highest BCUT2D eigenvalue weighted by Gasteiger charge is 2.24. The van der Waals surface area contributed by atoms with Gasteiger partial charge in [0.05, 0.1) is 20.8 Å². The van der Waals surface area contributed by atoms with Gasteiger partial charge in [-0.1, -0.05) is 25.1 Å². The molecular formula is C30H39N3O4S. The Morgan fingerprint density at radius 2 is 1.63 bits per heavy atom. The van der Waals surface area contributed by atoms with Crippen molar-refractivity contribution in [3.63, 3.8) is 0 Å². The van der Waals surface area contributed by atoms with Crippen molar-refractivity contribution >= 4 is 29.0 Å². The molecule has 3 aromatic rings. The molecule has 7 nitrogen and oxygen atoms in total. The van der Waals surface area contributed by atoms with E-state index < -0.39 is 0 Å². The average molecular weight is 538 g/mol. The summed E-state index contributed by atoms with van der Waals surface area (Å²) >= 11 is 1.68. The van der Waals surface area contributed by atoms with E-state index >= 15 is 0 Å². The van der Waals surface area contributed by atoms with E-state index in [0.717, 1.165) is 16.9 Å². The molecule has 38 heavy (non-hydrogen) atoms. The van der Waals surface area contributed by atoms with Gasteiger partial charge in [0.1, 0.15) is 6.54 Å². The van der Waals surface area contributed by atoms with Crippen LogP contribution >= 0.6 is 11.3 Å². The predicted octanol–water partition coefficient (Wildman–Crippen LogP) is 6.15. The van der Waals surface area contributed by atoms with Gasteiger partial charge in [-0.25, -0.2) is 4.79 Å². The number of urea groups is 1. The third kappa shape index (κ3) is 7.99. The summed E-state index contributed by atoms with van der Waals surface area (Å²) in [7, 11) is 3.22. The molecule has 0 saturated carbocycles. The molecule has 0 radical (unpaired) electrons. The van der Waals surface area contributed by atoms with Crippen LogP contribution in [0.3, 0.4) is 0 Å². The summed E-state index contributed by atoms with van der Waals surface area (Å²) in [6.07, 6.45) is 1.58. The van der Waals surface area contributed by atoms with Crippen LogP contribution in [0.5, 0.6) is 11.5 Å². The van der Waals surface area contributed by atoms with Crippen molar-refractivity contribution in [1.82, 2.24) is 9.80 Å². The maximum atomic E-state index is 13.6. The quantitative estimate of drug-likeness (QED) is 0.301. The van der Waals surface area contributed by atoms with Gasteiger partial charge in [0.25, 0.3) is 0 Å². The zero-order valence-corrected chi connectivity index (χ0v) is 24.1. The maximum Gasteiger partial charge on any atom is 0.322 e. The zero-order valence-electron chi connectivity index (χ0n) is 23.2. The van der Waals surface area contributed by atoms with E-state index in [1.54, 1.807) is 30.5 Å². The topological polar surface area (TPSA) is 71.1 Å². The number of ether oxygens (including phenoxy) is 2. The number of hydrogen-bond donors (Lipinski definition) is 1. The number of carbonyl (C=O) groups is 2. The van der Waals surface area contributed by atoms with Crippen molar-refractivity contribution in [2.75, 3.05) is 32.6 Å². The highest BCUT2D eigenvalue weighted by atomic mass is 32.1. The highest BCUT2D eigenvalue weighted by molar-refractivity contribution is 7.11. The number of methoxy groups -OCH3 is 2. The van der Waals surface area contributed by atoms with Crippen LogP contribution in [0.15, 0.2) is 54.6 Å². The molecule has 1 heterocycles. The van der Waals surface area contributed by atoms with Gasteiger partial charge in [0.15, 0.2) is 11.5 Å². The number of benzene rings is 2. The Balaban J connectivity index is 1.74. The molecule has 0 spiro atoms. The number of amides is 3. The molecule has 0 aliphatic rings. The zero-order chi connectivity index (χ0) is 27.7. The van der Waals surface area contributed by atoms with Gasteiger partial charge < -0.3 is 24.6 Å². The van der Waals surface area contributed by atoms with E-state index in [9.17, 15) is 9.59 Å². The largest absolute Gasteiger partial charge is 0.493 e. The molecule has 0 fully saturated rings. The van der Waals surface area contributed by atoms with Crippen molar-refractivity contribution in [2.24, 2.45) is 0 Å². The number of hydrogen-bond acceptors (Lipinski definition) is 5. The minimum absolute atomic E-state index is 0.00711. The third-order valence-corrected chi connectivity index (χ3v) is 7.40. The summed E-state index contributed by atoms with van der Waals surface area (Å²) in [6.45, 7) is 8.99. The lowest BCUT2D eigenvalue weighted by atomic mass is 10.1. The lowest BCUT2D eigenvalue weighted by molar-refractivity contribution is -0.132. The van der Waals surface area contributed by atoms with Crippen LogP contribution < -0.4 is 14.8 Å². The number of rotatable bonds is 12. The lowest BCUT2D eigenvalue weighted by Crippen LogP contribution is -2.47. The highest BCUT2D eigenvalue weighted by Crippen LogP contribution is 2.28. The molecule has 0 saturated heterocycles. The smallest absolute Gasteiger partial charge is 0.322 e. The van der Waals surface area contributed by atoms with Gasteiger partial charge in [0, 0.05) is 28.0 Å². The number of anilines is 1. The number of aryl methyl sites for hydroxylation is 2. The Morgan fingerprint density at radius 1 is 0.947 bits per heavy atom. The lowest BCUT2D eigenvalue weighted by Gasteiger charge is -2.30. The molecule has 3 amide bonds. The molecule has 0 bridgehead atoms. The standard InChI is InChI=1S/C30H39N3O4S/c1-7-23-9-12-25(13-10-23)31-30(35)33(21(2)3)20-29(34)32(19-26-14-8-22(4)38-26)17-16-24-11-15-27(36-5)28(18-24)37-6/h8-15,18,21H,7,16-17,19-20H2,1-6H3,(H,31,35). The Morgan fingerprint density at radius 3 is 2.21 bits per heavy atom. The van der Waals surface area contributed by atoms with Crippen molar-refractivity contribution in [1.29, 1.82) is 0 Å². The van der Waals surface area contributed by atoms with Crippen LogP contribution in [0.2, 0.25) is 0 Å². The van der Waals surface area contributed by atoms with E-state index in [1.165, 1.54) is 10.4 Å². The number of nitrogens with one attached hydrogen (secondary N) is 1. The molecule has 0 aliphatic carbocycles. The van der Waals surface area contributed by atoms with E-state index in [1.807, 2.05) is 61.2 Å². The van der Waals surface area contributed by atoms with Gasteiger partial charge in [-0.05, 0) is 81.1 Å². The second-order valence-corrected chi connectivity index (χ2v) is 10.8. The molecule has 8 heteroatoms. The number of carbonyl (C=O) groups excluding carboxylic acids is 2. The molecular weight excluding hydrogens is 498 g/mol. The molecule has 3 rings (SSSR count). The fraction of sp³-hybridized carbons (Fsp3) is 0.400. The minimum Gasteiger partial charge on any atom is -0.493 e. The second-order valence-electron chi connectivity index (χ2n) is 9.47.